The second kappa shape index (κ2) is 4.79. The van der Waals surface area contributed by atoms with Crippen LogP contribution in [-0.4, -0.2) is 32.7 Å². The Balaban J connectivity index is 2.16. The Labute approximate surface area is 99.3 Å². The van der Waals surface area contributed by atoms with Gasteiger partial charge in [0, 0.05) is 18.8 Å². The summed E-state index contributed by atoms with van der Waals surface area (Å²) >= 11 is 0. The summed E-state index contributed by atoms with van der Waals surface area (Å²) in [5, 5.41) is 8.57. The number of nitriles is 1. The Morgan fingerprint density at radius 3 is 2.88 bits per heavy atom. The quantitative estimate of drug-likeness (QED) is 0.819. The highest BCUT2D eigenvalue weighted by Crippen LogP contribution is 2.11. The number of hydrogen-bond donors (Lipinski definition) is 1. The number of nitrogens with one attached hydrogen (secondary N) is 1. The maximum Gasteiger partial charge on any atom is 0.242 e. The minimum Gasteiger partial charge on any atom is -0.380 e. The monoisotopic (exact) mass is 253 g/mol. The van der Waals surface area contributed by atoms with Crippen LogP contribution in [0.25, 0.3) is 0 Å². The molecule has 1 atom stereocenters. The summed E-state index contributed by atoms with van der Waals surface area (Å²) in [7, 11) is -3.57. The van der Waals surface area contributed by atoms with Crippen molar-refractivity contribution in [2.24, 2.45) is 0 Å². The molecular weight excluding hydrogens is 242 g/mol. The summed E-state index contributed by atoms with van der Waals surface area (Å²) in [5.74, 6) is 0. The lowest BCUT2D eigenvalue weighted by atomic mass is 10.3. The topological polar surface area (TPSA) is 92.1 Å². The summed E-state index contributed by atoms with van der Waals surface area (Å²) < 4.78 is 31.4. The molecule has 7 heteroatoms. The molecule has 6 nitrogen and oxygen atoms in total. The molecule has 0 saturated carbocycles. The molecular formula is C10H11N3O3S. The van der Waals surface area contributed by atoms with E-state index in [1.807, 2.05) is 6.07 Å². The van der Waals surface area contributed by atoms with Gasteiger partial charge < -0.3 is 4.74 Å². The van der Waals surface area contributed by atoms with E-state index in [-0.39, 0.29) is 16.6 Å². The van der Waals surface area contributed by atoms with E-state index in [0.29, 0.717) is 19.6 Å². The van der Waals surface area contributed by atoms with Gasteiger partial charge in [0.15, 0.2) is 0 Å². The fourth-order valence-electron chi connectivity index (χ4n) is 1.52. The van der Waals surface area contributed by atoms with Crippen molar-refractivity contribution in [1.82, 2.24) is 9.71 Å². The molecule has 0 amide bonds. The van der Waals surface area contributed by atoms with E-state index in [1.54, 1.807) is 0 Å². The minimum atomic E-state index is -3.57. The van der Waals surface area contributed by atoms with E-state index >= 15 is 0 Å². The molecule has 1 fully saturated rings. The zero-order valence-electron chi connectivity index (χ0n) is 8.96. The predicted octanol–water partition coefficient (Wildman–Crippen LogP) is 0.0205. The molecule has 0 bridgehead atoms. The van der Waals surface area contributed by atoms with Crippen LogP contribution in [0.4, 0.5) is 0 Å². The van der Waals surface area contributed by atoms with Gasteiger partial charge in [-0.3, -0.25) is 0 Å². The predicted molar refractivity (Wildman–Crippen MR) is 58.5 cm³/mol. The molecule has 2 heterocycles. The van der Waals surface area contributed by atoms with Crippen LogP contribution >= 0.6 is 0 Å². The second-order valence-corrected chi connectivity index (χ2v) is 5.39. The van der Waals surface area contributed by atoms with Crippen LogP contribution < -0.4 is 4.72 Å². The minimum absolute atomic E-state index is 0.0587. The van der Waals surface area contributed by atoms with Gasteiger partial charge in [0.2, 0.25) is 10.0 Å². The second-order valence-electron chi connectivity index (χ2n) is 3.67. The van der Waals surface area contributed by atoms with Gasteiger partial charge >= 0.3 is 0 Å². The fourth-order valence-corrected chi connectivity index (χ4v) is 2.72. The molecule has 90 valence electrons. The van der Waals surface area contributed by atoms with Crippen molar-refractivity contribution in [3.8, 4) is 6.07 Å². The molecule has 2 rings (SSSR count). The van der Waals surface area contributed by atoms with Gasteiger partial charge in [-0.25, -0.2) is 18.1 Å². The van der Waals surface area contributed by atoms with Crippen LogP contribution in [0.2, 0.25) is 0 Å². The standard InChI is InChI=1S/C10H11N3O3S/c11-5-8-1-2-10(6-12-8)17(14,15)13-9-3-4-16-7-9/h1-2,6,9,13H,3-4,7H2. The molecule has 0 aromatic carbocycles. The Morgan fingerprint density at radius 1 is 1.53 bits per heavy atom. The number of hydrogen-bond acceptors (Lipinski definition) is 5. The molecule has 1 saturated heterocycles. The average molecular weight is 253 g/mol. The lowest BCUT2D eigenvalue weighted by molar-refractivity contribution is 0.192. The third kappa shape index (κ3) is 2.79. The van der Waals surface area contributed by atoms with E-state index in [2.05, 4.69) is 9.71 Å². The first kappa shape index (κ1) is 12.0. The first-order chi connectivity index (χ1) is 8.12. The molecule has 1 unspecified atom stereocenters. The van der Waals surface area contributed by atoms with Gasteiger partial charge in [-0.15, -0.1) is 0 Å². The summed E-state index contributed by atoms with van der Waals surface area (Å²) in [6.07, 6.45) is 1.85. The van der Waals surface area contributed by atoms with Crippen LogP contribution in [0.1, 0.15) is 12.1 Å². The van der Waals surface area contributed by atoms with Crippen LogP contribution in [0.5, 0.6) is 0 Å². The Kier molecular flexibility index (Phi) is 3.38. The normalized spacial score (nSPS) is 20.1. The number of nitrogens with zero attached hydrogens (tertiary/aromatic N) is 2. The average Bonchev–Trinajstić information content (AvgIpc) is 2.81. The molecule has 0 radical (unpaired) electrons. The molecule has 17 heavy (non-hydrogen) atoms. The Hall–Kier alpha value is -1.49. The van der Waals surface area contributed by atoms with E-state index in [9.17, 15) is 8.42 Å². The van der Waals surface area contributed by atoms with Gasteiger partial charge in [0.05, 0.1) is 6.61 Å². The summed E-state index contributed by atoms with van der Waals surface area (Å²) in [4.78, 5) is 3.79. The van der Waals surface area contributed by atoms with Crippen molar-refractivity contribution in [2.75, 3.05) is 13.2 Å². The van der Waals surface area contributed by atoms with Gasteiger partial charge in [-0.05, 0) is 18.6 Å². The Morgan fingerprint density at radius 2 is 2.35 bits per heavy atom. The van der Waals surface area contributed by atoms with E-state index < -0.39 is 10.0 Å². The molecule has 0 spiro atoms. The van der Waals surface area contributed by atoms with Crippen LogP contribution in [0.3, 0.4) is 0 Å². The number of rotatable bonds is 3. The molecule has 1 N–H and O–H groups in total. The molecule has 1 aliphatic heterocycles. The molecule has 1 aromatic rings. The van der Waals surface area contributed by atoms with E-state index in [4.69, 9.17) is 10.00 Å². The first-order valence-electron chi connectivity index (χ1n) is 5.08. The fraction of sp³-hybridized carbons (Fsp3) is 0.400. The van der Waals surface area contributed by atoms with Crippen molar-refractivity contribution in [2.45, 2.75) is 17.4 Å². The number of aromatic nitrogens is 1. The van der Waals surface area contributed by atoms with Gasteiger partial charge in [0.1, 0.15) is 16.7 Å². The van der Waals surface area contributed by atoms with Crippen molar-refractivity contribution in [3.05, 3.63) is 24.0 Å². The maximum atomic E-state index is 11.9. The third-order valence-corrected chi connectivity index (χ3v) is 3.92. The van der Waals surface area contributed by atoms with Crippen LogP contribution in [-0.2, 0) is 14.8 Å². The highest BCUT2D eigenvalue weighted by atomic mass is 32.2. The zero-order valence-corrected chi connectivity index (χ0v) is 9.77. The van der Waals surface area contributed by atoms with E-state index in [0.717, 1.165) is 0 Å². The van der Waals surface area contributed by atoms with Crippen molar-refractivity contribution < 1.29 is 13.2 Å². The number of pyridine rings is 1. The third-order valence-electron chi connectivity index (χ3n) is 2.41. The van der Waals surface area contributed by atoms with Crippen LogP contribution in [0, 0.1) is 11.3 Å². The SMILES string of the molecule is N#Cc1ccc(S(=O)(=O)NC2CCOC2)cn1. The first-order valence-corrected chi connectivity index (χ1v) is 6.56. The lowest BCUT2D eigenvalue weighted by Crippen LogP contribution is -2.35. The largest absolute Gasteiger partial charge is 0.380 e. The lowest BCUT2D eigenvalue weighted by Gasteiger charge is -2.10. The molecule has 1 aromatic heterocycles. The van der Waals surface area contributed by atoms with Crippen molar-refractivity contribution >= 4 is 10.0 Å². The highest BCUT2D eigenvalue weighted by molar-refractivity contribution is 7.89. The maximum absolute atomic E-state index is 11.9. The molecule has 0 aliphatic carbocycles. The zero-order chi connectivity index (χ0) is 12.3. The van der Waals surface area contributed by atoms with Crippen molar-refractivity contribution in [1.29, 1.82) is 5.26 Å². The smallest absolute Gasteiger partial charge is 0.242 e. The van der Waals surface area contributed by atoms with Gasteiger partial charge in [-0.1, -0.05) is 0 Å². The summed E-state index contributed by atoms with van der Waals surface area (Å²) in [5.41, 5.74) is 0.188. The van der Waals surface area contributed by atoms with Crippen LogP contribution in [0.15, 0.2) is 23.2 Å². The van der Waals surface area contributed by atoms with E-state index in [1.165, 1.54) is 18.3 Å². The Bertz CT molecular complexity index is 527. The number of ether oxygens (including phenoxy) is 1. The summed E-state index contributed by atoms with van der Waals surface area (Å²) in [6, 6.07) is 4.39. The summed E-state index contributed by atoms with van der Waals surface area (Å²) in [6.45, 7) is 0.960. The van der Waals surface area contributed by atoms with Crippen molar-refractivity contribution in [3.63, 3.8) is 0 Å². The highest BCUT2D eigenvalue weighted by Gasteiger charge is 2.23. The van der Waals surface area contributed by atoms with Gasteiger partial charge in [0.25, 0.3) is 0 Å². The van der Waals surface area contributed by atoms with Gasteiger partial charge in [-0.2, -0.15) is 5.26 Å². The number of sulfonamides is 1. The molecule has 1 aliphatic rings.